The van der Waals surface area contributed by atoms with Crippen molar-refractivity contribution in [3.8, 4) is 5.75 Å². The summed E-state index contributed by atoms with van der Waals surface area (Å²) < 4.78 is 5.60. The van der Waals surface area contributed by atoms with E-state index in [1.807, 2.05) is 62.4 Å². The van der Waals surface area contributed by atoms with Crippen LogP contribution in [0.2, 0.25) is 0 Å². The fourth-order valence-corrected chi connectivity index (χ4v) is 2.74. The number of hydrogen-bond acceptors (Lipinski definition) is 3. The van der Waals surface area contributed by atoms with Crippen LogP contribution in [0.1, 0.15) is 21.5 Å². The van der Waals surface area contributed by atoms with Crippen molar-refractivity contribution in [2.75, 3.05) is 11.9 Å². The molecule has 0 aliphatic rings. The molecule has 0 saturated carbocycles. The molecule has 0 atom stereocenters. The minimum atomic E-state index is -0.265. The number of ether oxygens (including phenoxy) is 1. The van der Waals surface area contributed by atoms with Gasteiger partial charge in [-0.25, -0.2) is 0 Å². The second kappa shape index (κ2) is 7.18. The number of aldehydes is 1. The van der Waals surface area contributed by atoms with Crippen molar-refractivity contribution < 1.29 is 14.3 Å². The van der Waals surface area contributed by atoms with E-state index in [1.54, 1.807) is 6.07 Å². The minimum Gasteiger partial charge on any atom is -0.483 e. The second-order valence-electron chi connectivity index (χ2n) is 5.90. The summed E-state index contributed by atoms with van der Waals surface area (Å²) in [5, 5.41) is 4.61. The molecule has 4 heteroatoms. The average Bonchev–Trinajstić information content (AvgIpc) is 2.63. The van der Waals surface area contributed by atoms with Crippen molar-refractivity contribution in [2.45, 2.75) is 13.8 Å². The van der Waals surface area contributed by atoms with Crippen LogP contribution in [0.5, 0.6) is 5.75 Å². The first-order valence-corrected chi connectivity index (χ1v) is 8.06. The number of amides is 1. The normalized spacial score (nSPS) is 10.5. The average molecular weight is 333 g/mol. The van der Waals surface area contributed by atoms with Crippen LogP contribution in [0.4, 0.5) is 5.69 Å². The van der Waals surface area contributed by atoms with Crippen molar-refractivity contribution in [2.24, 2.45) is 0 Å². The number of aryl methyl sites for hydroxylation is 1. The number of carbonyl (C=O) groups excluding carboxylic acids is 2. The Morgan fingerprint density at radius 3 is 2.64 bits per heavy atom. The standard InChI is InChI=1S/C21H19NO3/c1-14-6-5-9-19(15(14)2)22-21(24)13-25-20-11-10-16-7-3-4-8-17(16)18(20)12-23/h3-12H,13H2,1-2H3,(H,22,24). The van der Waals surface area contributed by atoms with Crippen molar-refractivity contribution >= 4 is 28.7 Å². The number of fused-ring (bicyclic) bond motifs is 1. The molecule has 3 rings (SSSR count). The molecule has 0 heterocycles. The first-order chi connectivity index (χ1) is 12.1. The maximum Gasteiger partial charge on any atom is 0.262 e. The fourth-order valence-electron chi connectivity index (χ4n) is 2.74. The predicted molar refractivity (Wildman–Crippen MR) is 99.4 cm³/mol. The molecule has 0 radical (unpaired) electrons. The van der Waals surface area contributed by atoms with Crippen LogP contribution >= 0.6 is 0 Å². The van der Waals surface area contributed by atoms with Crippen LogP contribution in [-0.2, 0) is 4.79 Å². The number of anilines is 1. The molecule has 0 bridgehead atoms. The fraction of sp³-hybridized carbons (Fsp3) is 0.143. The van der Waals surface area contributed by atoms with Gasteiger partial charge in [0.05, 0.1) is 5.56 Å². The summed E-state index contributed by atoms with van der Waals surface area (Å²) in [6.45, 7) is 3.79. The van der Waals surface area contributed by atoms with E-state index in [4.69, 9.17) is 4.74 Å². The number of rotatable bonds is 5. The zero-order valence-electron chi connectivity index (χ0n) is 14.2. The van der Waals surface area contributed by atoms with Crippen molar-refractivity contribution in [3.63, 3.8) is 0 Å². The zero-order chi connectivity index (χ0) is 17.8. The van der Waals surface area contributed by atoms with Gasteiger partial charge in [-0.15, -0.1) is 0 Å². The Morgan fingerprint density at radius 2 is 1.84 bits per heavy atom. The molecule has 3 aromatic rings. The number of nitrogens with one attached hydrogen (secondary N) is 1. The van der Waals surface area contributed by atoms with E-state index in [2.05, 4.69) is 5.32 Å². The molecule has 0 unspecified atom stereocenters. The lowest BCUT2D eigenvalue weighted by Crippen LogP contribution is -2.21. The Kier molecular flexibility index (Phi) is 4.80. The van der Waals surface area contributed by atoms with Gasteiger partial charge in [0.2, 0.25) is 0 Å². The molecular weight excluding hydrogens is 314 g/mol. The topological polar surface area (TPSA) is 55.4 Å². The van der Waals surface area contributed by atoms with Crippen molar-refractivity contribution in [1.82, 2.24) is 0 Å². The summed E-state index contributed by atoms with van der Waals surface area (Å²) in [6, 6.07) is 16.9. The maximum atomic E-state index is 12.2. The highest BCUT2D eigenvalue weighted by molar-refractivity contribution is 6.01. The van der Waals surface area contributed by atoms with E-state index >= 15 is 0 Å². The van der Waals surface area contributed by atoms with Gasteiger partial charge in [-0.2, -0.15) is 0 Å². The molecule has 1 amide bonds. The maximum absolute atomic E-state index is 12.2. The highest BCUT2D eigenvalue weighted by Gasteiger charge is 2.11. The lowest BCUT2D eigenvalue weighted by molar-refractivity contribution is -0.118. The third-order valence-corrected chi connectivity index (χ3v) is 4.29. The molecule has 4 nitrogen and oxygen atoms in total. The van der Waals surface area contributed by atoms with Crippen molar-refractivity contribution in [3.05, 3.63) is 71.3 Å². The van der Waals surface area contributed by atoms with Gasteiger partial charge in [-0.05, 0) is 47.9 Å². The highest BCUT2D eigenvalue weighted by atomic mass is 16.5. The lowest BCUT2D eigenvalue weighted by Gasteiger charge is -2.13. The van der Waals surface area contributed by atoms with Crippen LogP contribution < -0.4 is 10.1 Å². The van der Waals surface area contributed by atoms with E-state index in [0.29, 0.717) is 11.3 Å². The quantitative estimate of drug-likeness (QED) is 0.709. The van der Waals surface area contributed by atoms with E-state index in [0.717, 1.165) is 33.9 Å². The Balaban J connectivity index is 1.75. The number of carbonyl (C=O) groups is 2. The Bertz CT molecular complexity index is 947. The molecule has 3 aromatic carbocycles. The van der Waals surface area contributed by atoms with Gasteiger partial charge in [0.25, 0.3) is 5.91 Å². The molecule has 0 aliphatic carbocycles. The molecule has 0 fully saturated rings. The van der Waals surface area contributed by atoms with Crippen LogP contribution in [0.25, 0.3) is 10.8 Å². The summed E-state index contributed by atoms with van der Waals surface area (Å²) in [4.78, 5) is 23.7. The second-order valence-corrected chi connectivity index (χ2v) is 5.90. The van der Waals surface area contributed by atoms with Gasteiger partial charge in [0.1, 0.15) is 5.75 Å². The smallest absolute Gasteiger partial charge is 0.262 e. The van der Waals surface area contributed by atoms with E-state index in [9.17, 15) is 9.59 Å². The SMILES string of the molecule is Cc1cccc(NC(=O)COc2ccc3ccccc3c2C=O)c1C. The molecule has 0 aromatic heterocycles. The summed E-state index contributed by atoms with van der Waals surface area (Å²) in [7, 11) is 0. The van der Waals surface area contributed by atoms with Gasteiger partial charge in [-0.1, -0.05) is 42.5 Å². The molecule has 25 heavy (non-hydrogen) atoms. The van der Waals surface area contributed by atoms with Crippen LogP contribution in [0.15, 0.2) is 54.6 Å². The Hall–Kier alpha value is -3.14. The first kappa shape index (κ1) is 16.7. The third-order valence-electron chi connectivity index (χ3n) is 4.29. The third kappa shape index (κ3) is 3.53. The molecule has 0 aliphatic heterocycles. The summed E-state index contributed by atoms with van der Waals surface area (Å²) >= 11 is 0. The number of hydrogen-bond donors (Lipinski definition) is 1. The van der Waals surface area contributed by atoms with Gasteiger partial charge in [0, 0.05) is 5.69 Å². The highest BCUT2D eigenvalue weighted by Crippen LogP contribution is 2.26. The number of benzene rings is 3. The Morgan fingerprint density at radius 1 is 1.04 bits per heavy atom. The van der Waals surface area contributed by atoms with E-state index in [1.165, 1.54) is 0 Å². The molecule has 126 valence electrons. The largest absolute Gasteiger partial charge is 0.483 e. The van der Waals surface area contributed by atoms with Crippen molar-refractivity contribution in [1.29, 1.82) is 0 Å². The first-order valence-electron chi connectivity index (χ1n) is 8.06. The predicted octanol–water partition coefficient (Wildman–Crippen LogP) is 4.29. The van der Waals surface area contributed by atoms with E-state index in [-0.39, 0.29) is 12.5 Å². The van der Waals surface area contributed by atoms with Gasteiger partial charge < -0.3 is 10.1 Å². The Labute approximate surface area is 146 Å². The van der Waals surface area contributed by atoms with Crippen LogP contribution in [0, 0.1) is 13.8 Å². The lowest BCUT2D eigenvalue weighted by atomic mass is 10.0. The minimum absolute atomic E-state index is 0.160. The molecule has 0 saturated heterocycles. The monoisotopic (exact) mass is 333 g/mol. The van der Waals surface area contributed by atoms with Gasteiger partial charge in [-0.3, -0.25) is 9.59 Å². The summed E-state index contributed by atoms with van der Waals surface area (Å²) in [5.74, 6) is 0.142. The molecular formula is C21H19NO3. The summed E-state index contributed by atoms with van der Waals surface area (Å²) in [6.07, 6.45) is 0.764. The van der Waals surface area contributed by atoms with E-state index < -0.39 is 0 Å². The molecule has 0 spiro atoms. The molecule has 1 N–H and O–H groups in total. The van der Waals surface area contributed by atoms with Gasteiger partial charge >= 0.3 is 0 Å². The van der Waals surface area contributed by atoms with Crippen LogP contribution in [0.3, 0.4) is 0 Å². The van der Waals surface area contributed by atoms with Crippen LogP contribution in [-0.4, -0.2) is 18.8 Å². The van der Waals surface area contributed by atoms with Gasteiger partial charge in [0.15, 0.2) is 12.9 Å². The summed E-state index contributed by atoms with van der Waals surface area (Å²) in [5.41, 5.74) is 3.35. The zero-order valence-corrected chi connectivity index (χ0v) is 14.2.